The molecule has 196 valence electrons. The van der Waals surface area contributed by atoms with Crippen LogP contribution in [0.25, 0.3) is 0 Å². The fourth-order valence-electron chi connectivity index (χ4n) is 4.70. The Labute approximate surface area is 234 Å². The molecule has 0 saturated heterocycles. The van der Waals surface area contributed by atoms with Crippen molar-refractivity contribution in [3.63, 3.8) is 0 Å². The second-order valence-corrected chi connectivity index (χ2v) is 11.9. The van der Waals surface area contributed by atoms with Crippen LogP contribution in [-0.4, -0.2) is 24.5 Å². The van der Waals surface area contributed by atoms with Crippen molar-refractivity contribution in [2.24, 2.45) is 9.98 Å². The zero-order valence-electron chi connectivity index (χ0n) is 22.9. The van der Waals surface area contributed by atoms with E-state index in [-0.39, 0.29) is 63.9 Å². The van der Waals surface area contributed by atoms with E-state index in [0.717, 1.165) is 47.9 Å². The van der Waals surface area contributed by atoms with Gasteiger partial charge < -0.3 is 22.6 Å². The maximum Gasteiger partial charge on any atom is 3.00 e. The van der Waals surface area contributed by atoms with E-state index in [1.807, 2.05) is 38.1 Å². The summed E-state index contributed by atoms with van der Waals surface area (Å²) < 4.78 is 0. The maximum absolute atomic E-state index is 13.1. The zero-order chi connectivity index (χ0) is 25.3. The van der Waals surface area contributed by atoms with Crippen molar-refractivity contribution in [2.45, 2.75) is 104 Å². The smallest absolute Gasteiger partial charge is 1.00 e. The van der Waals surface area contributed by atoms with Gasteiger partial charge in [-0.25, -0.2) is 0 Å². The van der Waals surface area contributed by atoms with Gasteiger partial charge in [0.05, 0.1) is 12.1 Å². The summed E-state index contributed by atoms with van der Waals surface area (Å²) in [6.07, 6.45) is 7.60. The van der Waals surface area contributed by atoms with Crippen molar-refractivity contribution in [2.75, 3.05) is 0 Å². The van der Waals surface area contributed by atoms with Gasteiger partial charge in [-0.05, 0) is 59.8 Å². The summed E-state index contributed by atoms with van der Waals surface area (Å²) in [4.78, 5) is 9.70. The molecule has 1 fully saturated rings. The van der Waals surface area contributed by atoms with Crippen LogP contribution in [0, 0.1) is 13.8 Å². The zero-order valence-corrected chi connectivity index (χ0v) is 24.9. The molecule has 4 nitrogen and oxygen atoms in total. The van der Waals surface area contributed by atoms with Gasteiger partial charge >= 0.3 is 17.1 Å². The first-order chi connectivity index (χ1) is 15.8. The van der Waals surface area contributed by atoms with Crippen LogP contribution in [0.5, 0.6) is 11.5 Å². The average molecular weight is 551 g/mol. The summed E-state index contributed by atoms with van der Waals surface area (Å²) in [6.45, 7) is 16.4. The van der Waals surface area contributed by atoms with Crippen LogP contribution in [0.3, 0.4) is 0 Å². The summed E-state index contributed by atoms with van der Waals surface area (Å²) in [5, 5.41) is 26.1. The van der Waals surface area contributed by atoms with Gasteiger partial charge in [0.25, 0.3) is 0 Å². The van der Waals surface area contributed by atoms with E-state index in [1.165, 1.54) is 0 Å². The standard InChI is InChI=1S/C30H42N2O2.ClH.Mn/c1-19-13-21(27(33)23(15-19)29(3,4)5)17-31-25-11-9-10-12-26(25)32-18-22-14-20(2)16-24(28(22)34)30(6,7)8;;/h13-18,25-26,33-34H,9-12H2,1-8H3;1H;/q;;+3/p-3/t25-,26-;;/m0../s1. The van der Waals surface area contributed by atoms with E-state index < -0.39 is 0 Å². The van der Waals surface area contributed by atoms with Gasteiger partial charge in [0.1, 0.15) is 0 Å². The van der Waals surface area contributed by atoms with E-state index in [9.17, 15) is 10.2 Å². The molecule has 2 aromatic carbocycles. The van der Waals surface area contributed by atoms with Gasteiger partial charge in [0.15, 0.2) is 0 Å². The van der Waals surface area contributed by atoms with Crippen molar-refractivity contribution >= 4 is 12.4 Å². The number of halogens is 1. The molecule has 2 aromatic rings. The summed E-state index contributed by atoms with van der Waals surface area (Å²) in [5.41, 5.74) is 4.66. The SMILES string of the molecule is Cc1cc(C=N[C@H]2CCCC[C@@H]2N=Cc2cc(C)cc(C(C)(C)C)c2[O-])c([O-])c(C(C)(C)C)c1.[Cl-].[Mn+3]. The Morgan fingerprint density at radius 1 is 0.694 bits per heavy atom. The van der Waals surface area contributed by atoms with Gasteiger partial charge in [0.2, 0.25) is 0 Å². The van der Waals surface area contributed by atoms with E-state index in [4.69, 9.17) is 9.98 Å². The second-order valence-electron chi connectivity index (χ2n) is 11.9. The molecule has 0 unspecified atom stereocenters. The molecule has 0 N–H and O–H groups in total. The number of aliphatic imine (C=N–C) groups is 2. The number of hydrogen-bond donors (Lipinski definition) is 0. The number of hydrogen-bond acceptors (Lipinski definition) is 4. The van der Waals surface area contributed by atoms with Gasteiger partial charge in [-0.1, -0.05) is 101 Å². The normalized spacial score (nSPS) is 18.8. The molecule has 3 rings (SSSR count). The van der Waals surface area contributed by atoms with Gasteiger partial charge in [-0.3, -0.25) is 9.98 Å². The molecule has 0 spiro atoms. The molecule has 0 aliphatic heterocycles. The van der Waals surface area contributed by atoms with Crippen molar-refractivity contribution < 1.29 is 39.7 Å². The molecule has 0 heterocycles. The van der Waals surface area contributed by atoms with Crippen molar-refractivity contribution in [3.8, 4) is 11.5 Å². The van der Waals surface area contributed by atoms with Crippen LogP contribution >= 0.6 is 0 Å². The Bertz CT molecular complexity index is 1010. The minimum Gasteiger partial charge on any atom is -1.00 e. The van der Waals surface area contributed by atoms with Crippen LogP contribution in [0.1, 0.15) is 101 Å². The summed E-state index contributed by atoms with van der Waals surface area (Å²) in [7, 11) is 0. The molecule has 0 bridgehead atoms. The Morgan fingerprint density at radius 3 is 1.33 bits per heavy atom. The first kappa shape index (κ1) is 32.2. The minimum atomic E-state index is -0.209. The quantitative estimate of drug-likeness (QED) is 0.434. The molecule has 0 aromatic heterocycles. The van der Waals surface area contributed by atoms with Gasteiger partial charge in [-0.15, -0.1) is 0 Å². The summed E-state index contributed by atoms with van der Waals surface area (Å²) in [6, 6.07) is 7.86. The van der Waals surface area contributed by atoms with Crippen LogP contribution < -0.4 is 22.6 Å². The van der Waals surface area contributed by atoms with Crippen LogP contribution in [0.4, 0.5) is 0 Å². The number of benzene rings is 2. The Kier molecular flexibility index (Phi) is 11.3. The molecule has 1 aliphatic rings. The van der Waals surface area contributed by atoms with E-state index in [1.54, 1.807) is 12.4 Å². The first-order valence-corrected chi connectivity index (χ1v) is 12.5. The summed E-state index contributed by atoms with van der Waals surface area (Å²) >= 11 is 0. The molecule has 0 amide bonds. The average Bonchev–Trinajstić information content (AvgIpc) is 2.73. The molecule has 6 heteroatoms. The second kappa shape index (κ2) is 12.6. The number of rotatable bonds is 4. The van der Waals surface area contributed by atoms with E-state index in [2.05, 4.69) is 41.5 Å². The molecule has 1 saturated carbocycles. The Morgan fingerprint density at radius 2 is 1.03 bits per heavy atom. The minimum absolute atomic E-state index is 0. The van der Waals surface area contributed by atoms with Crippen LogP contribution in [-0.2, 0) is 27.9 Å². The van der Waals surface area contributed by atoms with E-state index >= 15 is 0 Å². The van der Waals surface area contributed by atoms with Crippen LogP contribution in [0.2, 0.25) is 0 Å². The number of aryl methyl sites for hydroxylation is 2. The van der Waals surface area contributed by atoms with Gasteiger partial charge in [-0.2, -0.15) is 0 Å². The third-order valence-corrected chi connectivity index (χ3v) is 6.64. The van der Waals surface area contributed by atoms with E-state index in [0.29, 0.717) is 11.1 Å². The first-order valence-electron chi connectivity index (χ1n) is 12.5. The molecule has 36 heavy (non-hydrogen) atoms. The predicted octanol–water partition coefficient (Wildman–Crippen LogP) is 2.90. The van der Waals surface area contributed by atoms with Crippen LogP contribution in [0.15, 0.2) is 34.3 Å². The topological polar surface area (TPSA) is 70.8 Å². The largest absolute Gasteiger partial charge is 3.00 e. The monoisotopic (exact) mass is 550 g/mol. The Balaban J connectivity index is 0.00000324. The van der Waals surface area contributed by atoms with Crippen molar-refractivity contribution in [1.29, 1.82) is 0 Å². The summed E-state index contributed by atoms with van der Waals surface area (Å²) in [5.74, 6) is 0.117. The number of nitrogens with zero attached hydrogens (tertiary/aromatic N) is 2. The van der Waals surface area contributed by atoms with Gasteiger partial charge in [0, 0.05) is 12.4 Å². The third-order valence-electron chi connectivity index (χ3n) is 6.64. The van der Waals surface area contributed by atoms with Crippen molar-refractivity contribution in [1.82, 2.24) is 0 Å². The third kappa shape index (κ3) is 7.84. The molecule has 2 atom stereocenters. The fraction of sp³-hybridized carbons (Fsp3) is 0.533. The molecular formula is C30H40ClMnN2O2. The maximum atomic E-state index is 13.1. The molecule has 0 radical (unpaired) electrons. The van der Waals surface area contributed by atoms with Crippen molar-refractivity contribution in [3.05, 3.63) is 57.6 Å². The molecular weight excluding hydrogens is 511 g/mol. The Hall–Kier alpha value is -1.81. The molecule has 1 aliphatic carbocycles. The predicted molar refractivity (Wildman–Crippen MR) is 140 cm³/mol. The fourth-order valence-corrected chi connectivity index (χ4v) is 4.70.